The van der Waals surface area contributed by atoms with E-state index in [0.717, 1.165) is 5.92 Å². The Bertz CT molecular complexity index is 257. The summed E-state index contributed by atoms with van der Waals surface area (Å²) in [5.74, 6) is 1.45. The van der Waals surface area contributed by atoms with Crippen LogP contribution in [0.3, 0.4) is 0 Å². The Kier molecular flexibility index (Phi) is 4.83. The Morgan fingerprint density at radius 2 is 2.06 bits per heavy atom. The molecule has 0 aliphatic heterocycles. The van der Waals surface area contributed by atoms with E-state index in [9.17, 15) is 0 Å². The molecular weight excluding hydrogens is 192 g/mol. The number of allylic oxidation sites excluding steroid dienone is 3. The van der Waals surface area contributed by atoms with Crippen molar-refractivity contribution in [2.45, 2.75) is 59.8 Å². The molecule has 0 radical (unpaired) electrons. The second kappa shape index (κ2) is 5.70. The highest BCUT2D eigenvalue weighted by atomic mass is 14.5. The zero-order valence-electron chi connectivity index (χ0n) is 11.6. The molecule has 0 aromatic heterocycles. The lowest BCUT2D eigenvalue weighted by Gasteiger charge is -2.35. The summed E-state index contributed by atoms with van der Waals surface area (Å²) in [6.45, 7) is 13.2. The van der Waals surface area contributed by atoms with Crippen molar-refractivity contribution >= 4 is 0 Å². The summed E-state index contributed by atoms with van der Waals surface area (Å²) in [5, 5.41) is 0. The van der Waals surface area contributed by atoms with Crippen LogP contribution in [0.25, 0.3) is 0 Å². The summed E-state index contributed by atoms with van der Waals surface area (Å²) in [6, 6.07) is 0. The van der Waals surface area contributed by atoms with Crippen molar-refractivity contribution in [2.75, 3.05) is 0 Å². The minimum absolute atomic E-state index is 0.560. The lowest BCUT2D eigenvalue weighted by atomic mass is 9.70. The molecular formula is C16H28. The molecule has 0 saturated heterocycles. The van der Waals surface area contributed by atoms with Crippen LogP contribution in [-0.2, 0) is 0 Å². The van der Waals surface area contributed by atoms with Gasteiger partial charge in [-0.05, 0) is 56.8 Å². The largest absolute Gasteiger partial charge is 0.103 e. The normalized spacial score (nSPS) is 33.8. The average molecular weight is 220 g/mol. The van der Waals surface area contributed by atoms with Crippen molar-refractivity contribution in [3.05, 3.63) is 24.3 Å². The monoisotopic (exact) mass is 220 g/mol. The number of hydrogen-bond donors (Lipinski definition) is 0. The zero-order valence-corrected chi connectivity index (χ0v) is 11.6. The van der Waals surface area contributed by atoms with E-state index in [1.807, 2.05) is 0 Å². The van der Waals surface area contributed by atoms with Gasteiger partial charge in [-0.25, -0.2) is 0 Å². The first-order chi connectivity index (χ1) is 7.59. The maximum atomic E-state index is 4.03. The summed E-state index contributed by atoms with van der Waals surface area (Å²) >= 11 is 0. The van der Waals surface area contributed by atoms with Crippen molar-refractivity contribution in [2.24, 2.45) is 17.3 Å². The minimum atomic E-state index is 0.560. The summed E-state index contributed by atoms with van der Waals surface area (Å²) in [4.78, 5) is 0. The van der Waals surface area contributed by atoms with Gasteiger partial charge in [0.15, 0.2) is 0 Å². The van der Waals surface area contributed by atoms with Crippen molar-refractivity contribution in [3.63, 3.8) is 0 Å². The standard InChI is InChI=1S/C16H28/c1-6-10-16(8-3)11-9-14(7-2)15(16)12-13(4)5/h7,12,14-15H,2,6,8-11H2,1,3-5H3. The Balaban J connectivity index is 2.98. The minimum Gasteiger partial charge on any atom is -0.103 e. The van der Waals surface area contributed by atoms with Crippen LogP contribution in [0.4, 0.5) is 0 Å². The molecule has 0 spiro atoms. The van der Waals surface area contributed by atoms with Gasteiger partial charge in [-0.1, -0.05) is 38.0 Å². The second-order valence-corrected chi connectivity index (χ2v) is 5.67. The SMILES string of the molecule is C=CC1CCC(CC)(CCC)C1C=C(C)C. The highest BCUT2D eigenvalue weighted by Gasteiger charge is 2.43. The lowest BCUT2D eigenvalue weighted by Crippen LogP contribution is -2.26. The van der Waals surface area contributed by atoms with Gasteiger partial charge < -0.3 is 0 Å². The van der Waals surface area contributed by atoms with Crippen molar-refractivity contribution in [1.82, 2.24) is 0 Å². The first-order valence-electron chi connectivity index (χ1n) is 6.87. The smallest absolute Gasteiger partial charge is 0.0112 e. The fourth-order valence-electron chi connectivity index (χ4n) is 3.56. The van der Waals surface area contributed by atoms with Crippen LogP contribution in [-0.4, -0.2) is 0 Å². The number of rotatable bonds is 5. The van der Waals surface area contributed by atoms with Crippen LogP contribution < -0.4 is 0 Å². The van der Waals surface area contributed by atoms with Crippen LogP contribution in [0, 0.1) is 17.3 Å². The summed E-state index contributed by atoms with van der Waals surface area (Å²) in [6.07, 6.45) is 11.4. The van der Waals surface area contributed by atoms with E-state index in [-0.39, 0.29) is 0 Å². The summed E-state index contributed by atoms with van der Waals surface area (Å²) < 4.78 is 0. The quantitative estimate of drug-likeness (QED) is 0.547. The van der Waals surface area contributed by atoms with Gasteiger partial charge in [0.05, 0.1) is 0 Å². The maximum Gasteiger partial charge on any atom is -0.0112 e. The van der Waals surface area contributed by atoms with Crippen LogP contribution in [0.5, 0.6) is 0 Å². The second-order valence-electron chi connectivity index (χ2n) is 5.67. The van der Waals surface area contributed by atoms with Crippen molar-refractivity contribution in [3.8, 4) is 0 Å². The molecule has 0 amide bonds. The van der Waals surface area contributed by atoms with E-state index in [1.54, 1.807) is 0 Å². The van der Waals surface area contributed by atoms with Gasteiger partial charge in [0, 0.05) is 0 Å². The number of hydrogen-bond acceptors (Lipinski definition) is 0. The van der Waals surface area contributed by atoms with Crippen LogP contribution in [0.2, 0.25) is 0 Å². The highest BCUT2D eigenvalue weighted by Crippen LogP contribution is 2.53. The van der Waals surface area contributed by atoms with E-state index in [1.165, 1.54) is 37.7 Å². The molecule has 0 aromatic carbocycles. The summed E-state index contributed by atoms with van der Waals surface area (Å²) in [7, 11) is 0. The van der Waals surface area contributed by atoms with Crippen LogP contribution >= 0.6 is 0 Å². The molecule has 92 valence electrons. The third kappa shape index (κ3) is 2.59. The Morgan fingerprint density at radius 1 is 1.38 bits per heavy atom. The van der Waals surface area contributed by atoms with Crippen LogP contribution in [0.15, 0.2) is 24.3 Å². The van der Waals surface area contributed by atoms with E-state index in [4.69, 9.17) is 0 Å². The molecule has 1 aliphatic rings. The molecule has 1 rings (SSSR count). The molecule has 1 saturated carbocycles. The van der Waals surface area contributed by atoms with Crippen molar-refractivity contribution in [1.29, 1.82) is 0 Å². The molecule has 3 unspecified atom stereocenters. The Morgan fingerprint density at radius 3 is 2.50 bits per heavy atom. The molecule has 0 bridgehead atoms. The maximum absolute atomic E-state index is 4.03. The fourth-order valence-corrected chi connectivity index (χ4v) is 3.56. The molecule has 16 heavy (non-hydrogen) atoms. The first-order valence-corrected chi connectivity index (χ1v) is 6.87. The van der Waals surface area contributed by atoms with Gasteiger partial charge in [-0.2, -0.15) is 0 Å². The molecule has 0 heteroatoms. The molecule has 3 atom stereocenters. The first kappa shape index (κ1) is 13.5. The molecule has 1 aliphatic carbocycles. The van der Waals surface area contributed by atoms with Gasteiger partial charge in [-0.3, -0.25) is 0 Å². The van der Waals surface area contributed by atoms with Gasteiger partial charge in [-0.15, -0.1) is 6.58 Å². The van der Waals surface area contributed by atoms with Gasteiger partial charge in [0.2, 0.25) is 0 Å². The average Bonchev–Trinajstić information content (AvgIpc) is 2.58. The molecule has 0 N–H and O–H groups in total. The highest BCUT2D eigenvalue weighted by molar-refractivity contribution is 5.12. The Hall–Kier alpha value is -0.520. The topological polar surface area (TPSA) is 0 Å². The zero-order chi connectivity index (χ0) is 12.2. The molecule has 1 fully saturated rings. The van der Waals surface area contributed by atoms with E-state index >= 15 is 0 Å². The Labute approximate surface area is 102 Å². The van der Waals surface area contributed by atoms with Gasteiger partial charge in [0.1, 0.15) is 0 Å². The van der Waals surface area contributed by atoms with Crippen LogP contribution in [0.1, 0.15) is 59.8 Å². The summed E-state index contributed by atoms with van der Waals surface area (Å²) in [5.41, 5.74) is 2.03. The third-order valence-electron chi connectivity index (χ3n) is 4.41. The molecule has 0 heterocycles. The molecule has 0 nitrogen and oxygen atoms in total. The third-order valence-corrected chi connectivity index (χ3v) is 4.41. The van der Waals surface area contributed by atoms with E-state index < -0.39 is 0 Å². The fraction of sp³-hybridized carbons (Fsp3) is 0.750. The van der Waals surface area contributed by atoms with Gasteiger partial charge in [0.25, 0.3) is 0 Å². The lowest BCUT2D eigenvalue weighted by molar-refractivity contribution is 0.192. The predicted octanol–water partition coefficient (Wildman–Crippen LogP) is 5.36. The van der Waals surface area contributed by atoms with E-state index in [0.29, 0.717) is 11.3 Å². The van der Waals surface area contributed by atoms with Gasteiger partial charge >= 0.3 is 0 Å². The van der Waals surface area contributed by atoms with E-state index in [2.05, 4.69) is 46.4 Å². The van der Waals surface area contributed by atoms with Crippen molar-refractivity contribution < 1.29 is 0 Å². The molecule has 0 aromatic rings. The predicted molar refractivity (Wildman–Crippen MR) is 73.5 cm³/mol.